The number of aromatic nitrogens is 3. The standard InChI is InChI=1S/C20H22N4O2/c1-13(25)22-20-21-10-9-17(23-20)15-7-8-18-16(12-15)19(26-24-18)11-14-5-3-2-4-6-14/h7-10,12,14H,2-6,11H2,1H3,(H,21,22,23,25). The van der Waals surface area contributed by atoms with Crippen LogP contribution in [0, 0.1) is 5.92 Å². The van der Waals surface area contributed by atoms with Crippen molar-refractivity contribution in [1.82, 2.24) is 15.1 Å². The molecule has 2 heterocycles. The Kier molecular flexibility index (Phi) is 4.65. The summed E-state index contributed by atoms with van der Waals surface area (Å²) >= 11 is 0. The average molecular weight is 350 g/mol. The van der Waals surface area contributed by atoms with Crippen LogP contribution >= 0.6 is 0 Å². The third kappa shape index (κ3) is 3.59. The first-order chi connectivity index (χ1) is 12.7. The smallest absolute Gasteiger partial charge is 0.229 e. The predicted octanol–water partition coefficient (Wildman–Crippen LogP) is 4.37. The van der Waals surface area contributed by atoms with E-state index in [1.807, 2.05) is 18.2 Å². The maximum Gasteiger partial charge on any atom is 0.229 e. The maximum atomic E-state index is 11.2. The number of nitrogens with one attached hydrogen (secondary N) is 1. The fourth-order valence-corrected chi connectivity index (χ4v) is 3.69. The molecule has 26 heavy (non-hydrogen) atoms. The SMILES string of the molecule is CC(=O)Nc1nccc(-c2ccc3noc(CC4CCCCC4)c3c2)n1. The van der Waals surface area contributed by atoms with Crippen molar-refractivity contribution in [2.75, 3.05) is 5.32 Å². The molecular formula is C20H22N4O2. The molecule has 1 aliphatic rings. The van der Waals surface area contributed by atoms with Crippen molar-refractivity contribution in [3.8, 4) is 11.3 Å². The predicted molar refractivity (Wildman–Crippen MR) is 99.6 cm³/mol. The summed E-state index contributed by atoms with van der Waals surface area (Å²) in [7, 11) is 0. The molecular weight excluding hydrogens is 328 g/mol. The highest BCUT2D eigenvalue weighted by Crippen LogP contribution is 2.31. The number of anilines is 1. The van der Waals surface area contributed by atoms with Crippen LogP contribution in [-0.4, -0.2) is 21.0 Å². The van der Waals surface area contributed by atoms with Crippen molar-refractivity contribution >= 4 is 22.8 Å². The maximum absolute atomic E-state index is 11.2. The van der Waals surface area contributed by atoms with E-state index in [1.165, 1.54) is 39.0 Å². The molecule has 0 aliphatic heterocycles. The summed E-state index contributed by atoms with van der Waals surface area (Å²) in [4.78, 5) is 19.7. The third-order valence-corrected chi connectivity index (χ3v) is 4.99. The molecule has 6 nitrogen and oxygen atoms in total. The highest BCUT2D eigenvalue weighted by Gasteiger charge is 2.18. The van der Waals surface area contributed by atoms with Crippen molar-refractivity contribution in [3.63, 3.8) is 0 Å². The first-order valence-electron chi connectivity index (χ1n) is 9.18. The van der Waals surface area contributed by atoms with Crippen LogP contribution in [0.1, 0.15) is 44.8 Å². The van der Waals surface area contributed by atoms with Crippen LogP contribution in [0.25, 0.3) is 22.2 Å². The molecule has 2 aromatic heterocycles. The molecule has 0 bridgehead atoms. The van der Waals surface area contributed by atoms with Crippen LogP contribution < -0.4 is 5.32 Å². The Morgan fingerprint density at radius 1 is 1.23 bits per heavy atom. The van der Waals surface area contributed by atoms with Crippen molar-refractivity contribution in [2.24, 2.45) is 5.92 Å². The Morgan fingerprint density at radius 3 is 2.88 bits per heavy atom. The van der Waals surface area contributed by atoms with Crippen LogP contribution in [-0.2, 0) is 11.2 Å². The van der Waals surface area contributed by atoms with Gasteiger partial charge in [-0.15, -0.1) is 0 Å². The first kappa shape index (κ1) is 16.7. The molecule has 0 unspecified atom stereocenters. The van der Waals surface area contributed by atoms with E-state index >= 15 is 0 Å². The van der Waals surface area contributed by atoms with Gasteiger partial charge in [-0.05, 0) is 24.1 Å². The lowest BCUT2D eigenvalue weighted by Crippen LogP contribution is -2.09. The molecule has 0 atom stereocenters. The lowest BCUT2D eigenvalue weighted by molar-refractivity contribution is -0.114. The van der Waals surface area contributed by atoms with E-state index in [0.29, 0.717) is 11.9 Å². The second-order valence-electron chi connectivity index (χ2n) is 6.99. The van der Waals surface area contributed by atoms with Gasteiger partial charge in [0.05, 0.1) is 5.69 Å². The summed E-state index contributed by atoms with van der Waals surface area (Å²) in [5.41, 5.74) is 2.59. The first-order valence-corrected chi connectivity index (χ1v) is 9.18. The van der Waals surface area contributed by atoms with E-state index in [4.69, 9.17) is 4.52 Å². The number of benzene rings is 1. The van der Waals surface area contributed by atoms with Crippen LogP contribution in [0.4, 0.5) is 5.95 Å². The lowest BCUT2D eigenvalue weighted by Gasteiger charge is -2.20. The molecule has 1 amide bonds. The van der Waals surface area contributed by atoms with Gasteiger partial charge in [-0.25, -0.2) is 9.97 Å². The van der Waals surface area contributed by atoms with Crippen LogP contribution in [0.15, 0.2) is 35.0 Å². The number of nitrogens with zero attached hydrogens (tertiary/aromatic N) is 3. The minimum atomic E-state index is -0.189. The van der Waals surface area contributed by atoms with Gasteiger partial charge >= 0.3 is 0 Å². The van der Waals surface area contributed by atoms with E-state index in [2.05, 4.69) is 26.5 Å². The average Bonchev–Trinajstić information content (AvgIpc) is 3.04. The monoisotopic (exact) mass is 350 g/mol. The van der Waals surface area contributed by atoms with Crippen LogP contribution in [0.5, 0.6) is 0 Å². The second-order valence-corrected chi connectivity index (χ2v) is 6.99. The number of amides is 1. The van der Waals surface area contributed by atoms with Crippen molar-refractivity contribution in [3.05, 3.63) is 36.2 Å². The summed E-state index contributed by atoms with van der Waals surface area (Å²) in [5, 5.41) is 7.88. The molecule has 0 saturated heterocycles. The van der Waals surface area contributed by atoms with E-state index in [1.54, 1.807) is 6.20 Å². The van der Waals surface area contributed by atoms with Gasteiger partial charge in [0.25, 0.3) is 0 Å². The Morgan fingerprint density at radius 2 is 2.08 bits per heavy atom. The summed E-state index contributed by atoms with van der Waals surface area (Å²) in [6.07, 6.45) is 9.11. The minimum absolute atomic E-state index is 0.189. The zero-order valence-corrected chi connectivity index (χ0v) is 14.9. The van der Waals surface area contributed by atoms with E-state index < -0.39 is 0 Å². The second kappa shape index (κ2) is 7.23. The molecule has 1 fully saturated rings. The minimum Gasteiger partial charge on any atom is -0.360 e. The van der Waals surface area contributed by atoms with Crippen LogP contribution in [0.3, 0.4) is 0 Å². The van der Waals surface area contributed by atoms with Gasteiger partial charge in [-0.2, -0.15) is 0 Å². The van der Waals surface area contributed by atoms with Gasteiger partial charge in [-0.3, -0.25) is 10.1 Å². The molecule has 1 aromatic carbocycles. The normalized spacial score (nSPS) is 15.3. The van der Waals surface area contributed by atoms with Crippen molar-refractivity contribution in [2.45, 2.75) is 45.4 Å². The zero-order valence-electron chi connectivity index (χ0n) is 14.9. The Balaban J connectivity index is 1.64. The number of rotatable bonds is 4. The zero-order chi connectivity index (χ0) is 17.9. The summed E-state index contributed by atoms with van der Waals surface area (Å²) in [6.45, 7) is 1.44. The van der Waals surface area contributed by atoms with Crippen LogP contribution in [0.2, 0.25) is 0 Å². The molecule has 1 N–H and O–H groups in total. The Labute approximate surface area is 152 Å². The molecule has 0 radical (unpaired) electrons. The van der Waals surface area contributed by atoms with Gasteiger partial charge in [0, 0.05) is 30.5 Å². The highest BCUT2D eigenvalue weighted by molar-refractivity contribution is 5.87. The van der Waals surface area contributed by atoms with Gasteiger partial charge in [0.1, 0.15) is 11.3 Å². The van der Waals surface area contributed by atoms with E-state index in [-0.39, 0.29) is 5.91 Å². The highest BCUT2D eigenvalue weighted by atomic mass is 16.5. The fourth-order valence-electron chi connectivity index (χ4n) is 3.69. The lowest BCUT2D eigenvalue weighted by atomic mass is 9.86. The van der Waals surface area contributed by atoms with E-state index in [9.17, 15) is 4.79 Å². The number of carbonyl (C=O) groups excluding carboxylic acids is 1. The number of hydrogen-bond acceptors (Lipinski definition) is 5. The van der Waals surface area contributed by atoms with E-state index in [0.717, 1.165) is 34.3 Å². The third-order valence-electron chi connectivity index (χ3n) is 4.99. The Hall–Kier alpha value is -2.76. The number of hydrogen-bond donors (Lipinski definition) is 1. The molecule has 6 heteroatoms. The fraction of sp³-hybridized carbons (Fsp3) is 0.400. The molecule has 4 rings (SSSR count). The molecule has 1 aliphatic carbocycles. The molecule has 3 aromatic rings. The van der Waals surface area contributed by atoms with Gasteiger partial charge in [0.2, 0.25) is 11.9 Å². The topological polar surface area (TPSA) is 80.9 Å². The van der Waals surface area contributed by atoms with Gasteiger partial charge in [-0.1, -0.05) is 43.3 Å². The van der Waals surface area contributed by atoms with Crippen molar-refractivity contribution < 1.29 is 9.32 Å². The van der Waals surface area contributed by atoms with Gasteiger partial charge in [0.15, 0.2) is 0 Å². The quantitative estimate of drug-likeness (QED) is 0.756. The molecule has 134 valence electrons. The number of fused-ring (bicyclic) bond motifs is 1. The van der Waals surface area contributed by atoms with Crippen molar-refractivity contribution in [1.29, 1.82) is 0 Å². The summed E-state index contributed by atoms with van der Waals surface area (Å²) < 4.78 is 5.65. The largest absolute Gasteiger partial charge is 0.360 e. The Bertz CT molecular complexity index is 928. The molecule has 1 saturated carbocycles. The molecule has 0 spiro atoms. The number of carbonyl (C=O) groups is 1. The summed E-state index contributed by atoms with van der Waals surface area (Å²) in [5.74, 6) is 1.77. The van der Waals surface area contributed by atoms with Gasteiger partial charge < -0.3 is 4.52 Å². The summed E-state index contributed by atoms with van der Waals surface area (Å²) in [6, 6.07) is 7.83.